The molecule has 1 aromatic carbocycles. The number of carbonyl (C=O) groups excluding carboxylic acids is 2. The Kier molecular flexibility index (Phi) is 7.20. The monoisotopic (exact) mass is 302 g/mol. The molecule has 0 saturated heterocycles. The molecule has 22 heavy (non-hydrogen) atoms. The quantitative estimate of drug-likeness (QED) is 0.611. The third kappa shape index (κ3) is 6.57. The summed E-state index contributed by atoms with van der Waals surface area (Å²) in [5.41, 5.74) is 0.859. The second kappa shape index (κ2) is 9.19. The Morgan fingerprint density at radius 1 is 1.36 bits per heavy atom. The van der Waals surface area contributed by atoms with Crippen molar-refractivity contribution in [1.82, 2.24) is 5.32 Å². The molecule has 0 radical (unpaired) electrons. The van der Waals surface area contributed by atoms with Gasteiger partial charge in [-0.1, -0.05) is 12.1 Å². The number of carbonyl (C=O) groups is 2. The van der Waals surface area contributed by atoms with Gasteiger partial charge in [-0.3, -0.25) is 9.59 Å². The highest BCUT2D eigenvalue weighted by Crippen LogP contribution is 2.12. The standard InChI is InChI=1S/C16H18N2O4/c1-12(11-17)22-16(20)9-10-18-15(19)8-5-13-3-6-14(21-2)7-4-13/h3-8,12H,9-10H2,1-2H3,(H,18,19)/b8-5+/t12-/m0/s1. The molecule has 0 spiro atoms. The van der Waals surface area contributed by atoms with Gasteiger partial charge in [0.15, 0.2) is 6.10 Å². The van der Waals surface area contributed by atoms with Gasteiger partial charge >= 0.3 is 5.97 Å². The van der Waals surface area contributed by atoms with Crippen molar-refractivity contribution >= 4 is 18.0 Å². The summed E-state index contributed by atoms with van der Waals surface area (Å²) in [6.07, 6.45) is 2.28. The van der Waals surface area contributed by atoms with Gasteiger partial charge in [0.2, 0.25) is 5.91 Å². The lowest BCUT2D eigenvalue weighted by atomic mass is 10.2. The summed E-state index contributed by atoms with van der Waals surface area (Å²) in [6, 6.07) is 9.03. The average Bonchev–Trinajstić information content (AvgIpc) is 2.53. The molecule has 0 aliphatic heterocycles. The minimum atomic E-state index is -0.779. The van der Waals surface area contributed by atoms with E-state index in [0.29, 0.717) is 0 Å². The summed E-state index contributed by atoms with van der Waals surface area (Å²) >= 11 is 0. The molecule has 0 heterocycles. The maximum atomic E-state index is 11.6. The summed E-state index contributed by atoms with van der Waals surface area (Å²) in [6.45, 7) is 1.64. The fourth-order valence-electron chi connectivity index (χ4n) is 1.52. The van der Waals surface area contributed by atoms with E-state index in [4.69, 9.17) is 14.7 Å². The van der Waals surface area contributed by atoms with Crippen LogP contribution in [0.2, 0.25) is 0 Å². The van der Waals surface area contributed by atoms with E-state index in [2.05, 4.69) is 5.32 Å². The second-order valence-electron chi connectivity index (χ2n) is 4.41. The van der Waals surface area contributed by atoms with Gasteiger partial charge in [0.05, 0.1) is 13.5 Å². The maximum absolute atomic E-state index is 11.6. The second-order valence-corrected chi connectivity index (χ2v) is 4.41. The molecule has 1 amide bonds. The van der Waals surface area contributed by atoms with Gasteiger partial charge in [-0.25, -0.2) is 0 Å². The van der Waals surface area contributed by atoms with Gasteiger partial charge in [0.25, 0.3) is 0 Å². The van der Waals surface area contributed by atoms with E-state index in [1.54, 1.807) is 31.4 Å². The lowest BCUT2D eigenvalue weighted by molar-refractivity contribution is -0.145. The smallest absolute Gasteiger partial charge is 0.308 e. The minimum Gasteiger partial charge on any atom is -0.497 e. The largest absolute Gasteiger partial charge is 0.497 e. The van der Waals surface area contributed by atoms with Crippen molar-refractivity contribution in [3.05, 3.63) is 35.9 Å². The Morgan fingerprint density at radius 2 is 2.05 bits per heavy atom. The predicted octanol–water partition coefficient (Wildman–Crippen LogP) is 1.67. The minimum absolute atomic E-state index is 0.0220. The Bertz CT molecular complexity index is 573. The highest BCUT2D eigenvalue weighted by Gasteiger charge is 2.08. The molecular weight excluding hydrogens is 284 g/mol. The first kappa shape index (κ1) is 17.2. The molecule has 6 heteroatoms. The molecule has 1 aromatic rings. The Balaban J connectivity index is 2.32. The van der Waals surface area contributed by atoms with Crippen molar-refractivity contribution in [1.29, 1.82) is 5.26 Å². The van der Waals surface area contributed by atoms with Crippen LogP contribution in [0.3, 0.4) is 0 Å². The van der Waals surface area contributed by atoms with Gasteiger partial charge in [-0.05, 0) is 30.7 Å². The zero-order chi connectivity index (χ0) is 16.4. The first-order valence-corrected chi connectivity index (χ1v) is 6.74. The van der Waals surface area contributed by atoms with Crippen molar-refractivity contribution in [3.63, 3.8) is 0 Å². The number of rotatable bonds is 7. The number of methoxy groups -OCH3 is 1. The zero-order valence-corrected chi connectivity index (χ0v) is 12.5. The predicted molar refractivity (Wildman–Crippen MR) is 80.8 cm³/mol. The van der Waals surface area contributed by atoms with Crippen LogP contribution in [0.1, 0.15) is 18.9 Å². The first-order chi connectivity index (χ1) is 10.5. The molecule has 0 bridgehead atoms. The van der Waals surface area contributed by atoms with Gasteiger partial charge in [0.1, 0.15) is 11.8 Å². The molecule has 0 unspecified atom stereocenters. The number of nitriles is 1. The van der Waals surface area contributed by atoms with Crippen LogP contribution in [0, 0.1) is 11.3 Å². The van der Waals surface area contributed by atoms with Crippen molar-refractivity contribution in [2.24, 2.45) is 0 Å². The molecule has 0 fully saturated rings. The summed E-state index contributed by atoms with van der Waals surface area (Å²) in [7, 11) is 1.58. The molecule has 0 aliphatic rings. The van der Waals surface area contributed by atoms with Crippen LogP contribution in [-0.2, 0) is 14.3 Å². The summed E-state index contributed by atoms with van der Waals surface area (Å²) in [5, 5.41) is 11.1. The van der Waals surface area contributed by atoms with E-state index >= 15 is 0 Å². The van der Waals surface area contributed by atoms with E-state index in [-0.39, 0.29) is 18.9 Å². The number of esters is 1. The van der Waals surface area contributed by atoms with Crippen molar-refractivity contribution in [2.75, 3.05) is 13.7 Å². The summed E-state index contributed by atoms with van der Waals surface area (Å²) < 4.78 is 9.79. The number of nitrogens with one attached hydrogen (secondary N) is 1. The zero-order valence-electron chi connectivity index (χ0n) is 12.5. The van der Waals surface area contributed by atoms with E-state index in [1.165, 1.54) is 13.0 Å². The van der Waals surface area contributed by atoms with Crippen LogP contribution in [-0.4, -0.2) is 31.6 Å². The van der Waals surface area contributed by atoms with E-state index in [9.17, 15) is 9.59 Å². The van der Waals surface area contributed by atoms with Gasteiger partial charge < -0.3 is 14.8 Å². The molecular formula is C16H18N2O4. The molecule has 0 aliphatic carbocycles. The molecule has 0 aromatic heterocycles. The maximum Gasteiger partial charge on any atom is 0.308 e. The third-order valence-electron chi connectivity index (χ3n) is 2.66. The molecule has 1 rings (SSSR count). The number of hydrogen-bond donors (Lipinski definition) is 1. The lowest BCUT2D eigenvalue weighted by Gasteiger charge is -2.05. The topological polar surface area (TPSA) is 88.4 Å². The van der Waals surface area contributed by atoms with Crippen LogP contribution in [0.15, 0.2) is 30.3 Å². The summed E-state index contributed by atoms with van der Waals surface area (Å²) in [4.78, 5) is 22.9. The van der Waals surface area contributed by atoms with Crippen molar-refractivity contribution < 1.29 is 19.1 Å². The molecule has 1 atom stereocenters. The molecule has 116 valence electrons. The van der Waals surface area contributed by atoms with Crippen molar-refractivity contribution in [3.8, 4) is 11.8 Å². The van der Waals surface area contributed by atoms with Crippen LogP contribution in [0.25, 0.3) is 6.08 Å². The van der Waals surface area contributed by atoms with E-state index < -0.39 is 12.1 Å². The van der Waals surface area contributed by atoms with Crippen LogP contribution < -0.4 is 10.1 Å². The van der Waals surface area contributed by atoms with Gasteiger partial charge in [-0.15, -0.1) is 0 Å². The van der Waals surface area contributed by atoms with Gasteiger partial charge in [-0.2, -0.15) is 5.26 Å². The van der Waals surface area contributed by atoms with E-state index in [0.717, 1.165) is 11.3 Å². The fourth-order valence-corrected chi connectivity index (χ4v) is 1.52. The number of benzene rings is 1. The highest BCUT2D eigenvalue weighted by atomic mass is 16.5. The lowest BCUT2D eigenvalue weighted by Crippen LogP contribution is -2.25. The summed E-state index contributed by atoms with van der Waals surface area (Å²) in [5.74, 6) is -0.0860. The molecule has 6 nitrogen and oxygen atoms in total. The fraction of sp³-hybridized carbons (Fsp3) is 0.312. The van der Waals surface area contributed by atoms with Crippen LogP contribution in [0.4, 0.5) is 0 Å². The third-order valence-corrected chi connectivity index (χ3v) is 2.66. The van der Waals surface area contributed by atoms with Crippen LogP contribution >= 0.6 is 0 Å². The SMILES string of the molecule is COc1ccc(/C=C/C(=O)NCCC(=O)O[C@@H](C)C#N)cc1. The van der Waals surface area contributed by atoms with Gasteiger partial charge in [0, 0.05) is 12.6 Å². The van der Waals surface area contributed by atoms with E-state index in [1.807, 2.05) is 12.1 Å². The highest BCUT2D eigenvalue weighted by molar-refractivity contribution is 5.91. The number of hydrogen-bond acceptors (Lipinski definition) is 5. The number of ether oxygens (including phenoxy) is 2. The normalized spacial score (nSPS) is 11.5. The molecule has 1 N–H and O–H groups in total. The first-order valence-electron chi connectivity index (χ1n) is 6.74. The average molecular weight is 302 g/mol. The molecule has 0 saturated carbocycles. The van der Waals surface area contributed by atoms with Crippen molar-refractivity contribution in [2.45, 2.75) is 19.4 Å². The Labute approximate surface area is 129 Å². The Hall–Kier alpha value is -2.81. The Morgan fingerprint density at radius 3 is 2.64 bits per heavy atom. The van der Waals surface area contributed by atoms with Crippen LogP contribution in [0.5, 0.6) is 5.75 Å². The number of amides is 1. The number of nitrogens with zero attached hydrogens (tertiary/aromatic N) is 1.